The van der Waals surface area contributed by atoms with Crippen molar-refractivity contribution in [2.75, 3.05) is 13.1 Å². The van der Waals surface area contributed by atoms with Crippen molar-refractivity contribution < 1.29 is 9.59 Å². The molecule has 1 N–H and O–H groups in total. The lowest BCUT2D eigenvalue weighted by Crippen LogP contribution is -2.48. The molecule has 4 heteroatoms. The van der Waals surface area contributed by atoms with E-state index in [0.717, 1.165) is 31.5 Å². The van der Waals surface area contributed by atoms with Crippen LogP contribution in [0.1, 0.15) is 32.3 Å². The summed E-state index contributed by atoms with van der Waals surface area (Å²) >= 11 is 0. The molecule has 22 heavy (non-hydrogen) atoms. The second-order valence-electron chi connectivity index (χ2n) is 5.98. The number of carbonyl (C=O) groups excluding carboxylic acids is 2. The molecule has 2 amide bonds. The number of hydrogen-bond acceptors (Lipinski definition) is 2. The van der Waals surface area contributed by atoms with Gasteiger partial charge < -0.3 is 10.2 Å². The maximum Gasteiger partial charge on any atom is 0.244 e. The molecule has 0 bridgehead atoms. The summed E-state index contributed by atoms with van der Waals surface area (Å²) < 4.78 is 0. The van der Waals surface area contributed by atoms with Crippen molar-refractivity contribution in [1.82, 2.24) is 10.2 Å². The SMILES string of the molecule is CC1CCN(C(=O)C(C)NC(=O)/C=C/c2ccccc2)CC1. The normalized spacial score (nSPS) is 17.5. The molecule has 1 aromatic rings. The van der Waals surface area contributed by atoms with Gasteiger partial charge in [0, 0.05) is 19.2 Å². The third kappa shape index (κ3) is 4.72. The molecule has 0 spiro atoms. The van der Waals surface area contributed by atoms with Gasteiger partial charge in [-0.05, 0) is 37.3 Å². The van der Waals surface area contributed by atoms with Crippen LogP contribution in [0.15, 0.2) is 36.4 Å². The molecule has 1 aliphatic heterocycles. The topological polar surface area (TPSA) is 49.4 Å². The number of amides is 2. The van der Waals surface area contributed by atoms with Crippen LogP contribution < -0.4 is 5.32 Å². The number of likely N-dealkylation sites (tertiary alicyclic amines) is 1. The average molecular weight is 300 g/mol. The molecular formula is C18H24N2O2. The Kier molecular flexibility index (Phi) is 5.75. The summed E-state index contributed by atoms with van der Waals surface area (Å²) in [5.74, 6) is 0.450. The Balaban J connectivity index is 1.83. The van der Waals surface area contributed by atoms with Crippen LogP contribution in [0, 0.1) is 5.92 Å². The number of rotatable bonds is 4. The highest BCUT2D eigenvalue weighted by Crippen LogP contribution is 2.16. The fourth-order valence-corrected chi connectivity index (χ4v) is 2.56. The summed E-state index contributed by atoms with van der Waals surface area (Å²) in [6.45, 7) is 5.54. The summed E-state index contributed by atoms with van der Waals surface area (Å²) in [6, 6.07) is 9.13. The molecule has 1 atom stereocenters. The number of nitrogens with one attached hydrogen (secondary N) is 1. The van der Waals surface area contributed by atoms with E-state index in [4.69, 9.17) is 0 Å². The molecule has 0 aromatic heterocycles. The third-order valence-electron chi connectivity index (χ3n) is 4.05. The summed E-state index contributed by atoms with van der Waals surface area (Å²) in [7, 11) is 0. The highest BCUT2D eigenvalue weighted by molar-refractivity contribution is 5.95. The predicted molar refractivity (Wildman–Crippen MR) is 88.1 cm³/mol. The van der Waals surface area contributed by atoms with E-state index in [1.807, 2.05) is 35.2 Å². The summed E-state index contributed by atoms with van der Waals surface area (Å²) in [6.07, 6.45) is 5.30. The van der Waals surface area contributed by atoms with Crippen molar-refractivity contribution in [1.29, 1.82) is 0 Å². The molecule has 4 nitrogen and oxygen atoms in total. The quantitative estimate of drug-likeness (QED) is 0.868. The van der Waals surface area contributed by atoms with Gasteiger partial charge in [-0.25, -0.2) is 0 Å². The van der Waals surface area contributed by atoms with Crippen molar-refractivity contribution in [3.05, 3.63) is 42.0 Å². The molecule has 0 aliphatic carbocycles. The Morgan fingerprint density at radius 2 is 1.86 bits per heavy atom. The van der Waals surface area contributed by atoms with Crippen molar-refractivity contribution in [3.63, 3.8) is 0 Å². The number of nitrogens with zero attached hydrogens (tertiary/aromatic N) is 1. The molecule has 1 saturated heterocycles. The summed E-state index contributed by atoms with van der Waals surface area (Å²) in [5.41, 5.74) is 0.960. The molecule has 1 heterocycles. The minimum atomic E-state index is -0.485. The van der Waals surface area contributed by atoms with Crippen molar-refractivity contribution in [2.45, 2.75) is 32.7 Å². The summed E-state index contributed by atoms with van der Waals surface area (Å²) in [5, 5.41) is 2.74. The lowest BCUT2D eigenvalue weighted by molar-refractivity contribution is -0.136. The molecule has 1 unspecified atom stereocenters. The van der Waals surface area contributed by atoms with Gasteiger partial charge in [-0.1, -0.05) is 37.3 Å². The van der Waals surface area contributed by atoms with E-state index in [1.54, 1.807) is 13.0 Å². The van der Waals surface area contributed by atoms with Crippen LogP contribution in [-0.4, -0.2) is 35.8 Å². The predicted octanol–water partition coefficient (Wildman–Crippen LogP) is 2.46. The van der Waals surface area contributed by atoms with Gasteiger partial charge in [0.1, 0.15) is 6.04 Å². The number of hydrogen-bond donors (Lipinski definition) is 1. The van der Waals surface area contributed by atoms with Gasteiger partial charge in [-0.15, -0.1) is 0 Å². The van der Waals surface area contributed by atoms with Crippen molar-refractivity contribution in [3.8, 4) is 0 Å². The molecule has 1 aromatic carbocycles. The van der Waals surface area contributed by atoms with E-state index in [1.165, 1.54) is 6.08 Å². The molecule has 0 saturated carbocycles. The fourth-order valence-electron chi connectivity index (χ4n) is 2.56. The van der Waals surface area contributed by atoms with Crippen LogP contribution in [0.5, 0.6) is 0 Å². The lowest BCUT2D eigenvalue weighted by Gasteiger charge is -2.32. The maximum atomic E-state index is 12.3. The monoisotopic (exact) mass is 300 g/mol. The first-order chi connectivity index (χ1) is 10.6. The van der Waals surface area contributed by atoms with Crippen LogP contribution >= 0.6 is 0 Å². The van der Waals surface area contributed by atoms with Crippen LogP contribution in [0.2, 0.25) is 0 Å². The van der Waals surface area contributed by atoms with E-state index < -0.39 is 6.04 Å². The molecule has 1 aliphatic rings. The third-order valence-corrected chi connectivity index (χ3v) is 4.05. The molecule has 0 radical (unpaired) electrons. The van der Waals surface area contributed by atoms with Gasteiger partial charge >= 0.3 is 0 Å². The Morgan fingerprint density at radius 1 is 1.23 bits per heavy atom. The van der Waals surface area contributed by atoms with Crippen LogP contribution in [0.25, 0.3) is 6.08 Å². The molecule has 1 fully saturated rings. The minimum absolute atomic E-state index is 0.00774. The van der Waals surface area contributed by atoms with Gasteiger partial charge in [0.25, 0.3) is 0 Å². The van der Waals surface area contributed by atoms with Gasteiger partial charge in [0.2, 0.25) is 11.8 Å². The first-order valence-corrected chi connectivity index (χ1v) is 7.88. The smallest absolute Gasteiger partial charge is 0.244 e. The van der Waals surface area contributed by atoms with Gasteiger partial charge in [-0.3, -0.25) is 9.59 Å². The molecular weight excluding hydrogens is 276 g/mol. The van der Waals surface area contributed by atoms with E-state index in [2.05, 4.69) is 12.2 Å². The zero-order valence-electron chi connectivity index (χ0n) is 13.3. The van der Waals surface area contributed by atoms with E-state index in [-0.39, 0.29) is 11.8 Å². The standard InChI is InChI=1S/C18H24N2O2/c1-14-10-12-20(13-11-14)18(22)15(2)19-17(21)9-8-16-6-4-3-5-7-16/h3-9,14-15H,10-13H2,1-2H3,(H,19,21)/b9-8+. The Morgan fingerprint density at radius 3 is 2.50 bits per heavy atom. The number of carbonyl (C=O) groups is 2. The highest BCUT2D eigenvalue weighted by Gasteiger charge is 2.24. The second-order valence-corrected chi connectivity index (χ2v) is 5.98. The zero-order chi connectivity index (χ0) is 15.9. The average Bonchev–Trinajstić information content (AvgIpc) is 2.54. The van der Waals surface area contributed by atoms with Crippen LogP contribution in [0.4, 0.5) is 0 Å². The largest absolute Gasteiger partial charge is 0.341 e. The summed E-state index contributed by atoms with van der Waals surface area (Å²) in [4.78, 5) is 26.1. The molecule has 2 rings (SSSR count). The highest BCUT2D eigenvalue weighted by atomic mass is 16.2. The van der Waals surface area contributed by atoms with E-state index >= 15 is 0 Å². The van der Waals surface area contributed by atoms with E-state index in [9.17, 15) is 9.59 Å². The van der Waals surface area contributed by atoms with Crippen LogP contribution in [-0.2, 0) is 9.59 Å². The maximum absolute atomic E-state index is 12.3. The van der Waals surface area contributed by atoms with E-state index in [0.29, 0.717) is 5.92 Å². The molecule has 118 valence electrons. The van der Waals surface area contributed by atoms with Crippen molar-refractivity contribution >= 4 is 17.9 Å². The fraction of sp³-hybridized carbons (Fsp3) is 0.444. The minimum Gasteiger partial charge on any atom is -0.341 e. The van der Waals surface area contributed by atoms with Gasteiger partial charge in [0.15, 0.2) is 0 Å². The van der Waals surface area contributed by atoms with Crippen molar-refractivity contribution in [2.24, 2.45) is 5.92 Å². The van der Waals surface area contributed by atoms with Crippen LogP contribution in [0.3, 0.4) is 0 Å². The lowest BCUT2D eigenvalue weighted by atomic mass is 9.99. The number of benzene rings is 1. The zero-order valence-corrected chi connectivity index (χ0v) is 13.3. The first kappa shape index (κ1) is 16.3. The second kappa shape index (κ2) is 7.78. The van der Waals surface area contributed by atoms with Gasteiger partial charge in [-0.2, -0.15) is 0 Å². The van der Waals surface area contributed by atoms with Gasteiger partial charge in [0.05, 0.1) is 0 Å². The Hall–Kier alpha value is -2.10. The number of piperidine rings is 1. The Bertz CT molecular complexity index is 531. The first-order valence-electron chi connectivity index (χ1n) is 7.88. The Labute approximate surface area is 132 Å².